The third-order valence-electron chi connectivity index (χ3n) is 9.43. The lowest BCUT2D eigenvalue weighted by atomic mass is 10.1. The number of unbranched alkanes of at least 4 members (excludes halogenated alkanes) is 14. The standard InChI is InChI=1S/C51H86NO8P/c1-3-5-7-9-11-13-15-17-18-19-20-21-22-23-24-25-26-27-28-29-30-32-34-36-38-40-42-44-51(54)60-49(48-59-61(55,56)58-46-45-52)47-57-50(53)43-41-39-37-35-33-31-16-14-12-10-8-6-4-2/h5,7-8,10-11,13-14,16-18,20-21,23-24,26-27,49H,3-4,6,9,12,15,19,22,25,28-48,52H2,1-2H3,(H,55,56)/b7-5-,10-8-,13-11-,16-14-,18-17-,21-20-,24-23-,27-26-. The van der Waals surface area contributed by atoms with Crippen molar-refractivity contribution < 1.29 is 37.6 Å². The van der Waals surface area contributed by atoms with Crippen LogP contribution in [0.3, 0.4) is 0 Å². The van der Waals surface area contributed by atoms with Crippen LogP contribution in [-0.4, -0.2) is 49.3 Å². The molecule has 9 nitrogen and oxygen atoms in total. The minimum absolute atomic E-state index is 0.0447. The fraction of sp³-hybridized carbons (Fsp3) is 0.647. The molecule has 0 rings (SSSR count). The Morgan fingerprint density at radius 2 is 0.902 bits per heavy atom. The van der Waals surface area contributed by atoms with Crippen LogP contribution in [0.5, 0.6) is 0 Å². The van der Waals surface area contributed by atoms with Crippen molar-refractivity contribution in [2.75, 3.05) is 26.4 Å². The highest BCUT2D eigenvalue weighted by molar-refractivity contribution is 7.47. The highest BCUT2D eigenvalue weighted by Gasteiger charge is 2.26. The number of phosphoric acid groups is 1. The predicted molar refractivity (Wildman–Crippen MR) is 256 cm³/mol. The van der Waals surface area contributed by atoms with E-state index in [1.165, 1.54) is 32.1 Å². The maximum Gasteiger partial charge on any atom is 0.472 e. The van der Waals surface area contributed by atoms with E-state index in [1.807, 2.05) is 0 Å². The second kappa shape index (κ2) is 46.4. The monoisotopic (exact) mass is 872 g/mol. The number of hydrogen-bond donors (Lipinski definition) is 2. The van der Waals surface area contributed by atoms with E-state index in [0.29, 0.717) is 12.8 Å². The molecule has 2 unspecified atom stereocenters. The van der Waals surface area contributed by atoms with E-state index in [2.05, 4.69) is 111 Å². The van der Waals surface area contributed by atoms with Crippen molar-refractivity contribution in [2.45, 2.75) is 187 Å². The first-order valence-electron chi connectivity index (χ1n) is 23.7. The Balaban J connectivity index is 4.11. The molecule has 0 saturated heterocycles. The Bertz CT molecular complexity index is 1320. The van der Waals surface area contributed by atoms with Crippen molar-refractivity contribution in [2.24, 2.45) is 5.73 Å². The van der Waals surface area contributed by atoms with Crippen molar-refractivity contribution in [3.8, 4) is 0 Å². The fourth-order valence-corrected chi connectivity index (χ4v) is 6.73. The molecular weight excluding hydrogens is 786 g/mol. The molecule has 0 aliphatic rings. The molecule has 61 heavy (non-hydrogen) atoms. The SMILES string of the molecule is CC/C=C\C/C=C\C/C=C\C/C=C\C/C=C\C/C=C\CCCCCCCCCCC(=O)OC(COC(=O)CCCCCCC/C=C\C/C=C\CCC)COP(=O)(O)OCCN. The maximum absolute atomic E-state index is 12.6. The smallest absolute Gasteiger partial charge is 0.462 e. The molecule has 10 heteroatoms. The van der Waals surface area contributed by atoms with E-state index in [1.54, 1.807) is 0 Å². The lowest BCUT2D eigenvalue weighted by Gasteiger charge is -2.19. The van der Waals surface area contributed by atoms with Gasteiger partial charge in [-0.2, -0.15) is 0 Å². The first-order valence-corrected chi connectivity index (χ1v) is 25.2. The molecule has 0 aliphatic carbocycles. The van der Waals surface area contributed by atoms with Crippen LogP contribution in [0, 0.1) is 0 Å². The molecule has 0 amide bonds. The van der Waals surface area contributed by atoms with Gasteiger partial charge in [0, 0.05) is 19.4 Å². The first-order chi connectivity index (χ1) is 29.8. The van der Waals surface area contributed by atoms with Crippen LogP contribution in [-0.2, 0) is 32.7 Å². The van der Waals surface area contributed by atoms with Crippen molar-refractivity contribution in [1.29, 1.82) is 0 Å². The van der Waals surface area contributed by atoms with Gasteiger partial charge in [-0.25, -0.2) is 4.57 Å². The molecule has 0 aromatic heterocycles. The number of phosphoric ester groups is 1. The topological polar surface area (TPSA) is 134 Å². The Labute approximate surface area is 372 Å². The third kappa shape index (κ3) is 46.3. The molecule has 0 aliphatic heterocycles. The molecule has 3 N–H and O–H groups in total. The van der Waals surface area contributed by atoms with Gasteiger partial charge in [0.1, 0.15) is 6.61 Å². The molecular formula is C51H86NO8P. The average molecular weight is 872 g/mol. The van der Waals surface area contributed by atoms with Gasteiger partial charge in [0.2, 0.25) is 0 Å². The minimum atomic E-state index is -4.39. The summed E-state index contributed by atoms with van der Waals surface area (Å²) in [6.45, 7) is 3.51. The first kappa shape index (κ1) is 57.9. The molecule has 2 atom stereocenters. The normalized spacial score (nSPS) is 14.1. The number of carbonyl (C=O) groups is 2. The number of ether oxygens (including phenoxy) is 2. The summed E-state index contributed by atoms with van der Waals surface area (Å²) in [6.07, 6.45) is 60.1. The molecule has 0 spiro atoms. The molecule has 0 radical (unpaired) electrons. The van der Waals surface area contributed by atoms with Crippen LogP contribution >= 0.6 is 7.82 Å². The van der Waals surface area contributed by atoms with Gasteiger partial charge in [0.15, 0.2) is 6.10 Å². The summed E-state index contributed by atoms with van der Waals surface area (Å²) in [5.41, 5.74) is 5.35. The van der Waals surface area contributed by atoms with Gasteiger partial charge >= 0.3 is 19.8 Å². The van der Waals surface area contributed by atoms with E-state index in [4.69, 9.17) is 24.3 Å². The van der Waals surface area contributed by atoms with Gasteiger partial charge < -0.3 is 20.1 Å². The Hall–Kier alpha value is -3.07. The van der Waals surface area contributed by atoms with Gasteiger partial charge in [-0.1, -0.05) is 175 Å². The third-order valence-corrected chi connectivity index (χ3v) is 10.4. The zero-order valence-corrected chi connectivity index (χ0v) is 39.3. The fourth-order valence-electron chi connectivity index (χ4n) is 5.97. The van der Waals surface area contributed by atoms with E-state index < -0.39 is 32.5 Å². The highest BCUT2D eigenvalue weighted by Crippen LogP contribution is 2.43. The van der Waals surface area contributed by atoms with Crippen molar-refractivity contribution in [3.63, 3.8) is 0 Å². The summed E-state index contributed by atoms with van der Waals surface area (Å²) in [5, 5.41) is 0. The zero-order valence-electron chi connectivity index (χ0n) is 38.4. The van der Waals surface area contributed by atoms with Crippen LogP contribution in [0.1, 0.15) is 181 Å². The minimum Gasteiger partial charge on any atom is -0.462 e. The number of esters is 2. The number of allylic oxidation sites excluding steroid dienone is 16. The molecule has 0 bridgehead atoms. The average Bonchev–Trinajstić information content (AvgIpc) is 3.25. The van der Waals surface area contributed by atoms with E-state index in [0.717, 1.165) is 109 Å². The number of rotatable bonds is 43. The lowest BCUT2D eigenvalue weighted by Crippen LogP contribution is -2.29. The summed E-state index contributed by atoms with van der Waals surface area (Å²) < 4.78 is 32.8. The summed E-state index contributed by atoms with van der Waals surface area (Å²) in [5.74, 6) is -0.863. The lowest BCUT2D eigenvalue weighted by molar-refractivity contribution is -0.161. The second-order valence-electron chi connectivity index (χ2n) is 15.2. The van der Waals surface area contributed by atoms with Crippen LogP contribution in [0.25, 0.3) is 0 Å². The van der Waals surface area contributed by atoms with Gasteiger partial charge in [0.25, 0.3) is 0 Å². The van der Waals surface area contributed by atoms with E-state index in [-0.39, 0.29) is 32.6 Å². The zero-order chi connectivity index (χ0) is 44.6. The number of nitrogens with two attached hydrogens (primary N) is 1. The molecule has 0 fully saturated rings. The highest BCUT2D eigenvalue weighted by atomic mass is 31.2. The number of carbonyl (C=O) groups excluding carboxylic acids is 2. The maximum atomic E-state index is 12.6. The summed E-state index contributed by atoms with van der Waals surface area (Å²) in [7, 11) is -4.39. The van der Waals surface area contributed by atoms with Crippen LogP contribution in [0.2, 0.25) is 0 Å². The summed E-state index contributed by atoms with van der Waals surface area (Å²) in [6, 6.07) is 0. The Kier molecular flexibility index (Phi) is 44.1. The molecule has 0 aromatic rings. The quantitative estimate of drug-likeness (QED) is 0.0266. The summed E-state index contributed by atoms with van der Waals surface area (Å²) >= 11 is 0. The van der Waals surface area contributed by atoms with Crippen LogP contribution in [0.15, 0.2) is 97.2 Å². The molecule has 0 saturated carbocycles. The van der Waals surface area contributed by atoms with E-state index in [9.17, 15) is 19.0 Å². The van der Waals surface area contributed by atoms with Gasteiger partial charge in [0.05, 0.1) is 13.2 Å². The predicted octanol–water partition coefficient (Wildman–Crippen LogP) is 14.2. The Morgan fingerprint density at radius 3 is 1.34 bits per heavy atom. The largest absolute Gasteiger partial charge is 0.472 e. The van der Waals surface area contributed by atoms with Crippen LogP contribution < -0.4 is 5.73 Å². The van der Waals surface area contributed by atoms with Gasteiger partial charge in [-0.3, -0.25) is 18.6 Å². The number of hydrogen-bond acceptors (Lipinski definition) is 8. The summed E-state index contributed by atoms with van der Waals surface area (Å²) in [4.78, 5) is 34.9. The second-order valence-corrected chi connectivity index (χ2v) is 16.7. The van der Waals surface area contributed by atoms with Crippen molar-refractivity contribution in [3.05, 3.63) is 97.2 Å². The van der Waals surface area contributed by atoms with Crippen molar-refractivity contribution in [1.82, 2.24) is 0 Å². The van der Waals surface area contributed by atoms with Crippen molar-refractivity contribution >= 4 is 19.8 Å². The van der Waals surface area contributed by atoms with Crippen LogP contribution in [0.4, 0.5) is 0 Å². The molecule has 0 heterocycles. The van der Waals surface area contributed by atoms with Gasteiger partial charge in [-0.05, 0) is 89.9 Å². The molecule has 348 valence electrons. The van der Waals surface area contributed by atoms with E-state index >= 15 is 0 Å². The van der Waals surface area contributed by atoms with Gasteiger partial charge in [-0.15, -0.1) is 0 Å². The Morgan fingerprint density at radius 1 is 0.508 bits per heavy atom. The molecule has 0 aromatic carbocycles.